The van der Waals surface area contributed by atoms with Crippen molar-refractivity contribution in [2.45, 2.75) is 18.3 Å². The monoisotopic (exact) mass is 250 g/mol. The first-order chi connectivity index (χ1) is 9.34. The summed E-state index contributed by atoms with van der Waals surface area (Å²) in [5.41, 5.74) is 9.54. The maximum atomic E-state index is 5.84. The highest BCUT2D eigenvalue weighted by atomic mass is 14.8. The molecule has 0 fully saturated rings. The summed E-state index contributed by atoms with van der Waals surface area (Å²) >= 11 is 0. The summed E-state index contributed by atoms with van der Waals surface area (Å²) in [5.74, 6) is 0. The average molecular weight is 250 g/mol. The molecule has 19 heavy (non-hydrogen) atoms. The topological polar surface area (TPSA) is 38.4 Å². The van der Waals surface area contributed by atoms with Crippen LogP contribution in [0.25, 0.3) is 0 Å². The number of benzene rings is 2. The Labute approximate surface area is 114 Å². The Morgan fingerprint density at radius 3 is 2.47 bits per heavy atom. The summed E-state index contributed by atoms with van der Waals surface area (Å²) < 4.78 is 0. The van der Waals surface area contributed by atoms with E-state index in [2.05, 4.69) is 59.7 Å². The number of rotatable bonds is 4. The minimum atomic E-state index is -0.0350. The molecule has 0 radical (unpaired) electrons. The second-order valence-corrected chi connectivity index (χ2v) is 5.13. The Hall–Kier alpha value is -1.93. The zero-order chi connectivity index (χ0) is 13.1. The molecule has 1 heterocycles. The molecule has 0 aromatic heterocycles. The van der Waals surface area contributed by atoms with Gasteiger partial charge in [0.05, 0.1) is 5.69 Å². The molecule has 2 nitrogen and oxygen atoms in total. The molecular weight excluding hydrogens is 232 g/mol. The Balaban J connectivity index is 2.00. The molecule has 1 aliphatic rings. The van der Waals surface area contributed by atoms with Crippen LogP contribution in [-0.4, -0.2) is 12.8 Å². The summed E-state index contributed by atoms with van der Waals surface area (Å²) in [7, 11) is 0. The van der Waals surface area contributed by atoms with Gasteiger partial charge in [0.25, 0.3) is 0 Å². The van der Waals surface area contributed by atoms with Crippen molar-refractivity contribution >= 4 is 11.9 Å². The van der Waals surface area contributed by atoms with Gasteiger partial charge in [-0.1, -0.05) is 48.5 Å². The molecule has 3 rings (SSSR count). The Morgan fingerprint density at radius 2 is 1.68 bits per heavy atom. The molecule has 1 atom stereocenters. The molecule has 1 aliphatic heterocycles. The fourth-order valence-electron chi connectivity index (χ4n) is 2.92. The van der Waals surface area contributed by atoms with Gasteiger partial charge in [-0.3, -0.25) is 4.99 Å². The minimum absolute atomic E-state index is 0.0350. The first-order valence-electron chi connectivity index (χ1n) is 6.73. The van der Waals surface area contributed by atoms with Crippen LogP contribution >= 0.6 is 0 Å². The lowest BCUT2D eigenvalue weighted by Crippen LogP contribution is -2.31. The molecule has 0 amide bonds. The van der Waals surface area contributed by atoms with Gasteiger partial charge in [-0.25, -0.2) is 0 Å². The largest absolute Gasteiger partial charge is 0.330 e. The lowest BCUT2D eigenvalue weighted by atomic mass is 9.75. The number of aliphatic imine (C=N–C) groups is 1. The Kier molecular flexibility index (Phi) is 3.18. The predicted molar refractivity (Wildman–Crippen MR) is 80.1 cm³/mol. The van der Waals surface area contributed by atoms with Crippen LogP contribution < -0.4 is 5.73 Å². The molecule has 1 unspecified atom stereocenters. The van der Waals surface area contributed by atoms with Crippen LogP contribution in [0, 0.1) is 0 Å². The van der Waals surface area contributed by atoms with Crippen molar-refractivity contribution in [2.24, 2.45) is 10.7 Å². The van der Waals surface area contributed by atoms with Crippen LogP contribution in [-0.2, 0) is 11.8 Å². The highest BCUT2D eigenvalue weighted by Crippen LogP contribution is 2.41. The van der Waals surface area contributed by atoms with Crippen molar-refractivity contribution in [3.05, 3.63) is 65.7 Å². The van der Waals surface area contributed by atoms with Crippen LogP contribution in [0.1, 0.15) is 17.5 Å². The third-order valence-corrected chi connectivity index (χ3v) is 3.84. The van der Waals surface area contributed by atoms with Crippen LogP contribution in [0.15, 0.2) is 59.6 Å². The summed E-state index contributed by atoms with van der Waals surface area (Å²) in [5, 5.41) is 0. The maximum absolute atomic E-state index is 5.84. The normalized spacial score (nSPS) is 20.5. The second kappa shape index (κ2) is 4.98. The van der Waals surface area contributed by atoms with Gasteiger partial charge in [0.15, 0.2) is 0 Å². The summed E-state index contributed by atoms with van der Waals surface area (Å²) in [4.78, 5) is 4.59. The van der Waals surface area contributed by atoms with E-state index in [4.69, 9.17) is 5.73 Å². The number of nitrogens with zero attached hydrogens (tertiary/aromatic N) is 1. The zero-order valence-corrected chi connectivity index (χ0v) is 10.9. The van der Waals surface area contributed by atoms with E-state index in [0.29, 0.717) is 6.54 Å². The smallest absolute Gasteiger partial charge is 0.0667 e. The molecule has 2 aromatic rings. The highest BCUT2D eigenvalue weighted by molar-refractivity contribution is 5.85. The standard InChI is InChI=1S/C17H18N2/c18-11-10-17(12-14-6-2-1-3-7-14)13-19-16-9-5-4-8-15(16)17/h1-9,13H,10-12,18H2. The summed E-state index contributed by atoms with van der Waals surface area (Å²) in [6.07, 6.45) is 3.99. The van der Waals surface area contributed by atoms with Crippen molar-refractivity contribution in [1.29, 1.82) is 0 Å². The van der Waals surface area contributed by atoms with Crippen molar-refractivity contribution in [3.63, 3.8) is 0 Å². The fraction of sp³-hybridized carbons (Fsp3) is 0.235. The third-order valence-electron chi connectivity index (χ3n) is 3.84. The van der Waals surface area contributed by atoms with E-state index < -0.39 is 0 Å². The van der Waals surface area contributed by atoms with Gasteiger partial charge >= 0.3 is 0 Å². The van der Waals surface area contributed by atoms with Crippen molar-refractivity contribution in [1.82, 2.24) is 0 Å². The van der Waals surface area contributed by atoms with Gasteiger partial charge < -0.3 is 5.73 Å². The lowest BCUT2D eigenvalue weighted by Gasteiger charge is -2.27. The summed E-state index contributed by atoms with van der Waals surface area (Å²) in [6.45, 7) is 0.674. The first kappa shape index (κ1) is 12.1. The van der Waals surface area contributed by atoms with E-state index in [1.54, 1.807) is 0 Å². The average Bonchev–Trinajstić information content (AvgIpc) is 2.80. The molecule has 0 saturated carbocycles. The first-order valence-corrected chi connectivity index (χ1v) is 6.73. The molecule has 0 aliphatic carbocycles. The number of nitrogens with two attached hydrogens (primary N) is 1. The number of fused-ring (bicyclic) bond motifs is 1. The lowest BCUT2D eigenvalue weighted by molar-refractivity contribution is 0.549. The number of para-hydroxylation sites is 1. The number of hydrogen-bond acceptors (Lipinski definition) is 2. The summed E-state index contributed by atoms with van der Waals surface area (Å²) in [6, 6.07) is 19.0. The predicted octanol–water partition coefficient (Wildman–Crippen LogP) is 3.23. The SMILES string of the molecule is NCCC1(Cc2ccccc2)C=Nc2ccccc21. The van der Waals surface area contributed by atoms with Gasteiger partial charge in [0.1, 0.15) is 0 Å². The maximum Gasteiger partial charge on any atom is 0.0667 e. The van der Waals surface area contributed by atoms with E-state index in [1.165, 1.54) is 11.1 Å². The molecular formula is C17H18N2. The third kappa shape index (κ3) is 2.20. The second-order valence-electron chi connectivity index (χ2n) is 5.13. The highest BCUT2D eigenvalue weighted by Gasteiger charge is 2.35. The van der Waals surface area contributed by atoms with E-state index >= 15 is 0 Å². The minimum Gasteiger partial charge on any atom is -0.330 e. The molecule has 0 saturated heterocycles. The van der Waals surface area contributed by atoms with E-state index in [-0.39, 0.29) is 5.41 Å². The van der Waals surface area contributed by atoms with E-state index in [1.807, 2.05) is 6.07 Å². The number of hydrogen-bond donors (Lipinski definition) is 1. The van der Waals surface area contributed by atoms with Crippen molar-refractivity contribution in [3.8, 4) is 0 Å². The van der Waals surface area contributed by atoms with Crippen molar-refractivity contribution < 1.29 is 0 Å². The van der Waals surface area contributed by atoms with Crippen LogP contribution in [0.3, 0.4) is 0 Å². The fourth-order valence-corrected chi connectivity index (χ4v) is 2.92. The molecule has 2 N–H and O–H groups in total. The molecule has 0 bridgehead atoms. The van der Waals surface area contributed by atoms with Crippen molar-refractivity contribution in [2.75, 3.05) is 6.54 Å². The van der Waals surface area contributed by atoms with Crippen LogP contribution in [0.2, 0.25) is 0 Å². The Bertz CT molecular complexity index is 589. The molecule has 2 heteroatoms. The molecule has 0 spiro atoms. The molecule has 96 valence electrons. The van der Waals surface area contributed by atoms with E-state index in [9.17, 15) is 0 Å². The van der Waals surface area contributed by atoms with E-state index in [0.717, 1.165) is 18.5 Å². The van der Waals surface area contributed by atoms with Gasteiger partial charge in [-0.05, 0) is 36.6 Å². The van der Waals surface area contributed by atoms with Crippen LogP contribution in [0.5, 0.6) is 0 Å². The van der Waals surface area contributed by atoms with Gasteiger partial charge in [-0.2, -0.15) is 0 Å². The Morgan fingerprint density at radius 1 is 0.947 bits per heavy atom. The van der Waals surface area contributed by atoms with Crippen LogP contribution in [0.4, 0.5) is 5.69 Å². The zero-order valence-electron chi connectivity index (χ0n) is 10.9. The van der Waals surface area contributed by atoms with Gasteiger partial charge in [0, 0.05) is 11.6 Å². The van der Waals surface area contributed by atoms with Gasteiger partial charge in [-0.15, -0.1) is 0 Å². The quantitative estimate of drug-likeness (QED) is 0.889. The molecule has 2 aromatic carbocycles. The van der Waals surface area contributed by atoms with Gasteiger partial charge in [0.2, 0.25) is 0 Å².